The van der Waals surface area contributed by atoms with Crippen molar-refractivity contribution in [3.8, 4) is 0 Å². The summed E-state index contributed by atoms with van der Waals surface area (Å²) in [7, 11) is 0. The Labute approximate surface area is 129 Å². The van der Waals surface area contributed by atoms with Gasteiger partial charge in [-0.1, -0.05) is 36.2 Å². The van der Waals surface area contributed by atoms with Crippen molar-refractivity contribution in [3.05, 3.63) is 58.2 Å². The van der Waals surface area contributed by atoms with Gasteiger partial charge in [0.05, 0.1) is 16.1 Å². The lowest BCUT2D eigenvalue weighted by Gasteiger charge is -2.15. The maximum absolute atomic E-state index is 6.03. The molecule has 0 fully saturated rings. The van der Waals surface area contributed by atoms with Crippen molar-refractivity contribution in [1.82, 2.24) is 9.97 Å². The molecule has 0 saturated heterocycles. The summed E-state index contributed by atoms with van der Waals surface area (Å²) in [5.41, 5.74) is 2.03. The van der Waals surface area contributed by atoms with E-state index < -0.39 is 0 Å². The topological polar surface area (TPSA) is 37.8 Å². The number of halogens is 2. The van der Waals surface area contributed by atoms with Gasteiger partial charge in [-0.15, -0.1) is 0 Å². The molecule has 1 atom stereocenters. The summed E-state index contributed by atoms with van der Waals surface area (Å²) >= 11 is 12.0. The van der Waals surface area contributed by atoms with E-state index in [0.29, 0.717) is 16.0 Å². The lowest BCUT2D eigenvalue weighted by atomic mass is 10.1. The highest BCUT2D eigenvalue weighted by molar-refractivity contribution is 6.42. The van der Waals surface area contributed by atoms with Crippen LogP contribution in [-0.2, 0) is 6.42 Å². The third-order valence-electron chi connectivity index (χ3n) is 2.92. The minimum Gasteiger partial charge on any atom is -0.348 e. The van der Waals surface area contributed by atoms with Gasteiger partial charge in [0.1, 0.15) is 0 Å². The molecule has 105 valence electrons. The maximum atomic E-state index is 6.03. The first-order valence-corrected chi connectivity index (χ1v) is 7.17. The second kappa shape index (κ2) is 6.91. The van der Waals surface area contributed by atoms with Crippen LogP contribution in [0.1, 0.15) is 31.1 Å². The first-order valence-electron chi connectivity index (χ1n) is 6.41. The van der Waals surface area contributed by atoms with Gasteiger partial charge in [-0.2, -0.15) is 0 Å². The number of rotatable bonds is 5. The third kappa shape index (κ3) is 3.84. The van der Waals surface area contributed by atoms with E-state index in [1.165, 1.54) is 0 Å². The number of nitrogens with one attached hydrogen (secondary N) is 1. The van der Waals surface area contributed by atoms with Crippen molar-refractivity contribution in [2.24, 2.45) is 0 Å². The lowest BCUT2D eigenvalue weighted by molar-refractivity contribution is 0.852. The van der Waals surface area contributed by atoms with Gasteiger partial charge in [0.25, 0.3) is 0 Å². The molecule has 0 bridgehead atoms. The van der Waals surface area contributed by atoms with Crippen LogP contribution in [0.5, 0.6) is 0 Å². The predicted molar refractivity (Wildman–Crippen MR) is 84.2 cm³/mol. The molecule has 0 aliphatic heterocycles. The van der Waals surface area contributed by atoms with Crippen LogP contribution in [0.3, 0.4) is 0 Å². The molecule has 0 saturated carbocycles. The molecule has 5 heteroatoms. The van der Waals surface area contributed by atoms with Gasteiger partial charge >= 0.3 is 0 Å². The summed E-state index contributed by atoms with van der Waals surface area (Å²) in [6.07, 6.45) is 4.66. The van der Waals surface area contributed by atoms with Gasteiger partial charge in [-0.25, -0.2) is 9.97 Å². The normalized spacial score (nSPS) is 12.2. The number of hydrogen-bond acceptors (Lipinski definition) is 3. The molecule has 1 aromatic heterocycles. The second-order valence-corrected chi connectivity index (χ2v) is 5.34. The van der Waals surface area contributed by atoms with Crippen LogP contribution >= 0.6 is 23.2 Å². The minimum atomic E-state index is 0.0469. The summed E-state index contributed by atoms with van der Waals surface area (Å²) in [4.78, 5) is 8.69. The molecular weight excluding hydrogens is 293 g/mol. The van der Waals surface area contributed by atoms with E-state index >= 15 is 0 Å². The molecule has 0 aliphatic rings. The van der Waals surface area contributed by atoms with Crippen molar-refractivity contribution in [2.75, 3.05) is 5.32 Å². The van der Waals surface area contributed by atoms with Gasteiger partial charge in [-0.05, 0) is 43.5 Å². The largest absolute Gasteiger partial charge is 0.348 e. The lowest BCUT2D eigenvalue weighted by Crippen LogP contribution is -2.10. The zero-order chi connectivity index (χ0) is 14.5. The molecule has 0 unspecified atom stereocenters. The van der Waals surface area contributed by atoms with E-state index in [1.807, 2.05) is 32.0 Å². The molecule has 0 aliphatic carbocycles. The van der Waals surface area contributed by atoms with Crippen molar-refractivity contribution >= 4 is 29.2 Å². The third-order valence-corrected chi connectivity index (χ3v) is 3.65. The number of aromatic nitrogens is 2. The van der Waals surface area contributed by atoms with Gasteiger partial charge in [0.15, 0.2) is 0 Å². The summed E-state index contributed by atoms with van der Waals surface area (Å²) in [5.74, 6) is 0.614. The van der Waals surface area contributed by atoms with Crippen LogP contribution in [0.4, 0.5) is 5.95 Å². The molecule has 0 amide bonds. The monoisotopic (exact) mass is 308 g/mol. The summed E-state index contributed by atoms with van der Waals surface area (Å²) < 4.78 is 0. The zero-order valence-electron chi connectivity index (χ0n) is 11.4. The Kier molecular flexibility index (Phi) is 5.21. The van der Waals surface area contributed by atoms with Crippen LogP contribution < -0.4 is 5.32 Å². The van der Waals surface area contributed by atoms with Gasteiger partial charge in [0, 0.05) is 11.9 Å². The first kappa shape index (κ1) is 15.1. The van der Waals surface area contributed by atoms with Gasteiger partial charge in [0.2, 0.25) is 5.95 Å². The summed E-state index contributed by atoms with van der Waals surface area (Å²) in [5, 5.41) is 4.37. The highest BCUT2D eigenvalue weighted by Gasteiger charge is 2.09. The number of hydrogen-bond donors (Lipinski definition) is 1. The van der Waals surface area contributed by atoms with E-state index in [0.717, 1.165) is 17.7 Å². The average Bonchev–Trinajstić information content (AvgIpc) is 2.42. The van der Waals surface area contributed by atoms with Gasteiger partial charge in [-0.3, -0.25) is 0 Å². The zero-order valence-corrected chi connectivity index (χ0v) is 12.9. The Bertz CT molecular complexity index is 587. The number of benzene rings is 1. The molecule has 0 spiro atoms. The maximum Gasteiger partial charge on any atom is 0.223 e. The molecule has 3 nitrogen and oxygen atoms in total. The Morgan fingerprint density at radius 2 is 2.05 bits per heavy atom. The van der Waals surface area contributed by atoms with Gasteiger partial charge < -0.3 is 5.32 Å². The fourth-order valence-corrected chi connectivity index (χ4v) is 2.15. The molecule has 20 heavy (non-hydrogen) atoms. The second-order valence-electron chi connectivity index (χ2n) is 4.52. The van der Waals surface area contributed by atoms with Crippen molar-refractivity contribution < 1.29 is 0 Å². The highest BCUT2D eigenvalue weighted by Crippen LogP contribution is 2.26. The highest BCUT2D eigenvalue weighted by atomic mass is 35.5. The average molecular weight is 309 g/mol. The molecular formula is C15H16Cl2N3. The first-order chi connectivity index (χ1) is 9.60. The van der Waals surface area contributed by atoms with Crippen LogP contribution in [0.15, 0.2) is 30.5 Å². The fraction of sp³-hybridized carbons (Fsp3) is 0.267. The van der Waals surface area contributed by atoms with Crippen LogP contribution in [0.25, 0.3) is 0 Å². The Morgan fingerprint density at radius 3 is 2.75 bits per heavy atom. The van der Waals surface area contributed by atoms with E-state index in [2.05, 4.69) is 21.7 Å². The quantitative estimate of drug-likeness (QED) is 0.868. The van der Waals surface area contributed by atoms with Crippen LogP contribution in [0, 0.1) is 6.42 Å². The Balaban J connectivity index is 2.12. The van der Waals surface area contributed by atoms with Crippen LogP contribution in [0.2, 0.25) is 10.0 Å². The Morgan fingerprint density at radius 1 is 1.25 bits per heavy atom. The molecule has 1 N–H and O–H groups in total. The molecule has 1 heterocycles. The molecule has 1 radical (unpaired) electrons. The molecule has 2 aromatic rings. The summed E-state index contributed by atoms with van der Waals surface area (Å²) in [6, 6.07) is 7.54. The minimum absolute atomic E-state index is 0.0469. The predicted octanol–water partition coefficient (Wildman–Crippen LogP) is 4.72. The smallest absolute Gasteiger partial charge is 0.223 e. The fourth-order valence-electron chi connectivity index (χ4n) is 1.85. The van der Waals surface area contributed by atoms with Crippen molar-refractivity contribution in [1.29, 1.82) is 0 Å². The van der Waals surface area contributed by atoms with E-state index in [9.17, 15) is 0 Å². The van der Waals surface area contributed by atoms with Crippen molar-refractivity contribution in [2.45, 2.75) is 26.3 Å². The van der Waals surface area contributed by atoms with Crippen molar-refractivity contribution in [3.63, 3.8) is 0 Å². The van der Waals surface area contributed by atoms with E-state index in [-0.39, 0.29) is 6.04 Å². The Hall–Kier alpha value is -1.32. The van der Waals surface area contributed by atoms with Crippen LogP contribution in [-0.4, -0.2) is 9.97 Å². The van der Waals surface area contributed by atoms with E-state index in [4.69, 9.17) is 23.2 Å². The standard InChI is InChI=1S/C15H16Cl2N3/c1-3-4-12-7-8-18-15(20-12)19-10(2)11-5-6-13(16)14(17)9-11/h3,5-10H,4H2,1-2H3,(H,18,19,20)/t10-/m1/s1. The number of nitrogens with zero attached hydrogens (tertiary/aromatic N) is 2. The number of anilines is 1. The molecule has 2 rings (SSSR count). The van der Waals surface area contributed by atoms with E-state index in [1.54, 1.807) is 12.3 Å². The summed E-state index contributed by atoms with van der Waals surface area (Å²) in [6.45, 7) is 4.04. The molecule has 1 aromatic carbocycles. The SMILES string of the molecule is C[CH]Cc1ccnc(N[C@H](C)c2ccc(Cl)c(Cl)c2)n1.